The molecule has 14 heavy (non-hydrogen) atoms. The average molecular weight is 195 g/mol. The van der Waals surface area contributed by atoms with Crippen LogP contribution >= 0.6 is 0 Å². The lowest BCUT2D eigenvalue weighted by Gasteiger charge is -2.25. The number of piperazine rings is 1. The Morgan fingerprint density at radius 2 is 2.29 bits per heavy atom. The first-order valence-electron chi connectivity index (χ1n) is 5.25. The molecule has 0 amide bonds. The maximum Gasteiger partial charge on any atom is 0.208 e. The van der Waals surface area contributed by atoms with E-state index in [1.165, 1.54) is 0 Å². The SMILES string of the molecule is CCc1cnc(CN2CCNCC2)o1. The van der Waals surface area contributed by atoms with Crippen molar-refractivity contribution in [2.45, 2.75) is 19.9 Å². The topological polar surface area (TPSA) is 41.3 Å². The number of aryl methyl sites for hydroxylation is 1. The molecule has 0 aromatic carbocycles. The highest BCUT2D eigenvalue weighted by Gasteiger charge is 2.12. The Hall–Kier alpha value is -0.870. The van der Waals surface area contributed by atoms with E-state index in [-0.39, 0.29) is 0 Å². The summed E-state index contributed by atoms with van der Waals surface area (Å²) in [6, 6.07) is 0. The molecule has 1 aromatic rings. The molecule has 0 atom stereocenters. The Bertz CT molecular complexity index is 279. The Labute approximate surface area is 84.3 Å². The van der Waals surface area contributed by atoms with Crippen molar-refractivity contribution in [1.82, 2.24) is 15.2 Å². The molecule has 0 spiro atoms. The van der Waals surface area contributed by atoms with Gasteiger partial charge in [-0.3, -0.25) is 4.90 Å². The predicted molar refractivity (Wildman–Crippen MR) is 54.0 cm³/mol. The summed E-state index contributed by atoms with van der Waals surface area (Å²) < 4.78 is 5.56. The zero-order chi connectivity index (χ0) is 9.80. The van der Waals surface area contributed by atoms with Gasteiger partial charge in [0.05, 0.1) is 12.7 Å². The number of oxazole rings is 1. The molecule has 2 rings (SSSR count). The van der Waals surface area contributed by atoms with Crippen LogP contribution in [0.1, 0.15) is 18.6 Å². The number of hydrogen-bond donors (Lipinski definition) is 1. The minimum Gasteiger partial charge on any atom is -0.444 e. The molecular formula is C10H17N3O. The minimum atomic E-state index is 0.849. The van der Waals surface area contributed by atoms with E-state index in [4.69, 9.17) is 4.42 Å². The summed E-state index contributed by atoms with van der Waals surface area (Å²) in [5.74, 6) is 1.83. The highest BCUT2D eigenvalue weighted by Crippen LogP contribution is 2.07. The Morgan fingerprint density at radius 1 is 1.50 bits per heavy atom. The van der Waals surface area contributed by atoms with Crippen molar-refractivity contribution in [3.63, 3.8) is 0 Å². The Kier molecular flexibility index (Phi) is 3.16. The zero-order valence-electron chi connectivity index (χ0n) is 8.62. The number of nitrogens with zero attached hydrogens (tertiary/aromatic N) is 2. The maximum absolute atomic E-state index is 5.56. The van der Waals surface area contributed by atoms with Crippen molar-refractivity contribution < 1.29 is 4.42 Å². The molecule has 1 N–H and O–H groups in total. The van der Waals surface area contributed by atoms with Crippen molar-refractivity contribution in [3.05, 3.63) is 17.8 Å². The normalized spacial score (nSPS) is 18.6. The average Bonchev–Trinajstić information content (AvgIpc) is 2.67. The summed E-state index contributed by atoms with van der Waals surface area (Å²) in [7, 11) is 0. The standard InChI is InChI=1S/C10H17N3O/c1-2-9-7-12-10(14-9)8-13-5-3-11-4-6-13/h7,11H,2-6,8H2,1H3. The first-order chi connectivity index (χ1) is 6.88. The van der Waals surface area contributed by atoms with Crippen molar-refractivity contribution >= 4 is 0 Å². The van der Waals surface area contributed by atoms with Crippen LogP contribution in [0.5, 0.6) is 0 Å². The van der Waals surface area contributed by atoms with Gasteiger partial charge in [-0.2, -0.15) is 0 Å². The van der Waals surface area contributed by atoms with E-state index in [2.05, 4.69) is 22.1 Å². The van der Waals surface area contributed by atoms with Gasteiger partial charge in [0.2, 0.25) is 5.89 Å². The lowest BCUT2D eigenvalue weighted by molar-refractivity contribution is 0.211. The molecule has 0 saturated carbocycles. The third kappa shape index (κ3) is 2.33. The molecule has 1 aromatic heterocycles. The van der Waals surface area contributed by atoms with Gasteiger partial charge >= 0.3 is 0 Å². The monoisotopic (exact) mass is 195 g/mol. The number of rotatable bonds is 3. The van der Waals surface area contributed by atoms with Gasteiger partial charge in [0.25, 0.3) is 0 Å². The van der Waals surface area contributed by atoms with Gasteiger partial charge in [0.15, 0.2) is 0 Å². The third-order valence-corrected chi connectivity index (χ3v) is 2.52. The van der Waals surface area contributed by atoms with Gasteiger partial charge in [0, 0.05) is 32.6 Å². The summed E-state index contributed by atoms with van der Waals surface area (Å²) in [4.78, 5) is 6.62. The molecule has 0 aliphatic carbocycles. The van der Waals surface area contributed by atoms with Gasteiger partial charge in [-0.05, 0) is 0 Å². The summed E-state index contributed by atoms with van der Waals surface area (Å²) >= 11 is 0. The quantitative estimate of drug-likeness (QED) is 0.768. The zero-order valence-corrected chi connectivity index (χ0v) is 8.62. The van der Waals surface area contributed by atoms with Crippen LogP contribution < -0.4 is 5.32 Å². The number of nitrogens with one attached hydrogen (secondary N) is 1. The van der Waals surface area contributed by atoms with E-state index in [1.807, 2.05) is 6.20 Å². The fourth-order valence-electron chi connectivity index (χ4n) is 1.65. The van der Waals surface area contributed by atoms with E-state index >= 15 is 0 Å². The van der Waals surface area contributed by atoms with Crippen LogP contribution in [-0.2, 0) is 13.0 Å². The van der Waals surface area contributed by atoms with Gasteiger partial charge in [-0.25, -0.2) is 4.98 Å². The summed E-state index contributed by atoms with van der Waals surface area (Å²) in [5, 5.41) is 3.32. The Morgan fingerprint density at radius 3 is 2.93 bits per heavy atom. The molecule has 4 heteroatoms. The fourth-order valence-corrected chi connectivity index (χ4v) is 1.65. The summed E-state index contributed by atoms with van der Waals surface area (Å²) in [6.07, 6.45) is 2.76. The highest BCUT2D eigenvalue weighted by molar-refractivity contribution is 4.93. The first kappa shape index (κ1) is 9.68. The van der Waals surface area contributed by atoms with E-state index < -0.39 is 0 Å². The molecule has 0 radical (unpaired) electrons. The second-order valence-electron chi connectivity index (χ2n) is 3.60. The van der Waals surface area contributed by atoms with Crippen molar-refractivity contribution in [2.24, 2.45) is 0 Å². The molecule has 0 unspecified atom stereocenters. The van der Waals surface area contributed by atoms with E-state index in [0.29, 0.717) is 0 Å². The van der Waals surface area contributed by atoms with E-state index in [0.717, 1.165) is 50.8 Å². The maximum atomic E-state index is 5.56. The molecule has 1 aliphatic heterocycles. The van der Waals surface area contributed by atoms with Crippen LogP contribution in [0.25, 0.3) is 0 Å². The van der Waals surface area contributed by atoms with Gasteiger partial charge in [-0.15, -0.1) is 0 Å². The number of aromatic nitrogens is 1. The highest BCUT2D eigenvalue weighted by atomic mass is 16.4. The van der Waals surface area contributed by atoms with Crippen LogP contribution in [0.3, 0.4) is 0 Å². The Balaban J connectivity index is 1.89. The van der Waals surface area contributed by atoms with Crippen LogP contribution in [0, 0.1) is 0 Å². The molecule has 1 aliphatic rings. The summed E-state index contributed by atoms with van der Waals surface area (Å²) in [5.41, 5.74) is 0. The molecule has 4 nitrogen and oxygen atoms in total. The van der Waals surface area contributed by atoms with Crippen LogP contribution in [0.15, 0.2) is 10.6 Å². The smallest absolute Gasteiger partial charge is 0.208 e. The van der Waals surface area contributed by atoms with Gasteiger partial charge < -0.3 is 9.73 Å². The van der Waals surface area contributed by atoms with E-state index in [9.17, 15) is 0 Å². The van der Waals surface area contributed by atoms with Crippen LogP contribution in [-0.4, -0.2) is 36.1 Å². The van der Waals surface area contributed by atoms with Crippen molar-refractivity contribution in [1.29, 1.82) is 0 Å². The molecule has 0 bridgehead atoms. The van der Waals surface area contributed by atoms with Gasteiger partial charge in [0.1, 0.15) is 5.76 Å². The van der Waals surface area contributed by atoms with Crippen LogP contribution in [0.2, 0.25) is 0 Å². The first-order valence-corrected chi connectivity index (χ1v) is 5.25. The molecular weight excluding hydrogens is 178 g/mol. The number of hydrogen-bond acceptors (Lipinski definition) is 4. The minimum absolute atomic E-state index is 0.849. The second-order valence-corrected chi connectivity index (χ2v) is 3.60. The molecule has 2 heterocycles. The lowest BCUT2D eigenvalue weighted by atomic mass is 10.3. The second kappa shape index (κ2) is 4.57. The predicted octanol–water partition coefficient (Wildman–Crippen LogP) is 0.642. The molecule has 1 saturated heterocycles. The van der Waals surface area contributed by atoms with Crippen molar-refractivity contribution in [2.75, 3.05) is 26.2 Å². The van der Waals surface area contributed by atoms with Crippen LogP contribution in [0.4, 0.5) is 0 Å². The van der Waals surface area contributed by atoms with Gasteiger partial charge in [-0.1, -0.05) is 6.92 Å². The molecule has 78 valence electrons. The van der Waals surface area contributed by atoms with Crippen molar-refractivity contribution in [3.8, 4) is 0 Å². The fraction of sp³-hybridized carbons (Fsp3) is 0.700. The van der Waals surface area contributed by atoms with E-state index in [1.54, 1.807) is 0 Å². The molecule has 1 fully saturated rings. The lowest BCUT2D eigenvalue weighted by Crippen LogP contribution is -2.42. The summed E-state index contributed by atoms with van der Waals surface area (Å²) in [6.45, 7) is 7.24. The largest absolute Gasteiger partial charge is 0.444 e. The third-order valence-electron chi connectivity index (χ3n) is 2.52.